The van der Waals surface area contributed by atoms with Gasteiger partial charge in [0.2, 0.25) is 12.5 Å². The lowest BCUT2D eigenvalue weighted by Gasteiger charge is -2.46. The van der Waals surface area contributed by atoms with Crippen molar-refractivity contribution in [3.63, 3.8) is 0 Å². The summed E-state index contributed by atoms with van der Waals surface area (Å²) in [7, 11) is 0. The second-order valence-electron chi connectivity index (χ2n) is 8.06. The Labute approximate surface area is 166 Å². The third kappa shape index (κ3) is 3.33. The molecule has 0 spiro atoms. The van der Waals surface area contributed by atoms with Crippen LogP contribution < -0.4 is 5.73 Å². The minimum Gasteiger partial charge on any atom is -0.444 e. The van der Waals surface area contributed by atoms with Crippen LogP contribution in [-0.4, -0.2) is 65.6 Å². The summed E-state index contributed by atoms with van der Waals surface area (Å²) in [5.74, 6) is 0.697. The van der Waals surface area contributed by atoms with E-state index in [4.69, 9.17) is 17.0 Å². The van der Waals surface area contributed by atoms with Gasteiger partial charge in [0.1, 0.15) is 5.60 Å². The molecule has 0 saturated carbocycles. The normalized spacial score (nSPS) is 15.7. The van der Waals surface area contributed by atoms with E-state index >= 15 is 0 Å². The highest BCUT2D eigenvalue weighted by atomic mass is 16.6. The highest BCUT2D eigenvalue weighted by molar-refractivity contribution is 5.69. The highest BCUT2D eigenvalue weighted by Gasteiger charge is 2.51. The topological polar surface area (TPSA) is 121 Å². The van der Waals surface area contributed by atoms with E-state index in [-0.39, 0.29) is 12.5 Å². The first-order valence-electron chi connectivity index (χ1n) is 9.05. The standard InChI is InChI=1S/C18H21N9O2/c1-17(2,3)29-16(28)25-10-18(11-25,9-20-4)26-8-12(7-22-26)14-21-6-5-13-23-15(19)24-27(13)14/h5-8H,9-11H2,1-3H3,(H2,19,24). The monoisotopic (exact) mass is 395 g/mol. The summed E-state index contributed by atoms with van der Waals surface area (Å²) in [6.07, 6.45) is 4.69. The summed E-state index contributed by atoms with van der Waals surface area (Å²) < 4.78 is 8.69. The number of carbonyl (C=O) groups excluding carboxylic acids is 1. The van der Waals surface area contributed by atoms with Crippen molar-refractivity contribution in [1.29, 1.82) is 0 Å². The number of hydrogen-bond acceptors (Lipinski definition) is 7. The molecule has 0 bridgehead atoms. The number of likely N-dealkylation sites (tertiary alicyclic amines) is 1. The zero-order chi connectivity index (χ0) is 20.8. The summed E-state index contributed by atoms with van der Waals surface area (Å²) in [6, 6.07) is 1.71. The molecule has 0 atom stereocenters. The van der Waals surface area contributed by atoms with Gasteiger partial charge in [-0.2, -0.15) is 14.6 Å². The Morgan fingerprint density at radius 1 is 1.41 bits per heavy atom. The van der Waals surface area contributed by atoms with Gasteiger partial charge in [-0.05, 0) is 20.8 Å². The lowest BCUT2D eigenvalue weighted by molar-refractivity contribution is -0.0273. The number of amides is 1. The van der Waals surface area contributed by atoms with Gasteiger partial charge >= 0.3 is 6.09 Å². The van der Waals surface area contributed by atoms with Crippen LogP contribution in [0.4, 0.5) is 10.7 Å². The van der Waals surface area contributed by atoms with Crippen molar-refractivity contribution in [2.24, 2.45) is 0 Å². The van der Waals surface area contributed by atoms with E-state index in [0.717, 1.165) is 0 Å². The van der Waals surface area contributed by atoms with Crippen molar-refractivity contribution >= 4 is 17.7 Å². The van der Waals surface area contributed by atoms with E-state index in [1.165, 1.54) is 0 Å². The molecule has 4 heterocycles. The number of fused-ring (bicyclic) bond motifs is 1. The van der Waals surface area contributed by atoms with E-state index in [1.54, 1.807) is 38.8 Å². The number of rotatable bonds is 3. The van der Waals surface area contributed by atoms with Gasteiger partial charge < -0.3 is 20.2 Å². The minimum atomic E-state index is -0.605. The molecular weight excluding hydrogens is 374 g/mol. The van der Waals surface area contributed by atoms with Crippen molar-refractivity contribution in [2.75, 3.05) is 25.4 Å². The molecule has 1 saturated heterocycles. The van der Waals surface area contributed by atoms with Gasteiger partial charge in [-0.15, -0.1) is 5.10 Å². The molecule has 1 aliphatic rings. The van der Waals surface area contributed by atoms with Crippen LogP contribution in [0.3, 0.4) is 0 Å². The van der Waals surface area contributed by atoms with Gasteiger partial charge in [0.15, 0.2) is 17.0 Å². The molecule has 11 nitrogen and oxygen atoms in total. The fourth-order valence-corrected chi connectivity index (χ4v) is 3.31. The molecule has 11 heteroatoms. The molecule has 0 unspecified atom stereocenters. The molecule has 4 rings (SSSR count). The Morgan fingerprint density at radius 2 is 2.17 bits per heavy atom. The first kappa shape index (κ1) is 18.7. The van der Waals surface area contributed by atoms with Crippen LogP contribution in [0, 0.1) is 6.57 Å². The molecule has 3 aromatic rings. The zero-order valence-electron chi connectivity index (χ0n) is 16.4. The summed E-state index contributed by atoms with van der Waals surface area (Å²) in [6.45, 7) is 13.7. The summed E-state index contributed by atoms with van der Waals surface area (Å²) in [5, 5.41) is 8.62. The quantitative estimate of drug-likeness (QED) is 0.666. The van der Waals surface area contributed by atoms with Crippen molar-refractivity contribution in [3.05, 3.63) is 36.1 Å². The summed E-state index contributed by atoms with van der Waals surface area (Å²) in [4.78, 5) is 25.9. The highest BCUT2D eigenvalue weighted by Crippen LogP contribution is 2.32. The summed E-state index contributed by atoms with van der Waals surface area (Å²) >= 11 is 0. The molecule has 0 radical (unpaired) electrons. The third-order valence-electron chi connectivity index (χ3n) is 4.59. The van der Waals surface area contributed by atoms with Crippen LogP contribution >= 0.6 is 0 Å². The SMILES string of the molecule is [C-]#[N+]CC1(n2cc(-c3nccc4nc(N)nn34)cn2)CN(C(=O)OC(C)(C)C)C1. The second-order valence-corrected chi connectivity index (χ2v) is 8.06. The van der Waals surface area contributed by atoms with Crippen molar-refractivity contribution in [3.8, 4) is 11.4 Å². The number of carbonyl (C=O) groups is 1. The molecule has 150 valence electrons. The Morgan fingerprint density at radius 3 is 2.86 bits per heavy atom. The second kappa shape index (κ2) is 6.44. The largest absolute Gasteiger partial charge is 0.444 e. The van der Waals surface area contributed by atoms with E-state index in [1.807, 2.05) is 20.8 Å². The lowest BCUT2D eigenvalue weighted by atomic mass is 9.90. The predicted octanol–water partition coefficient (Wildman–Crippen LogP) is 1.44. The Kier molecular flexibility index (Phi) is 4.15. The molecule has 0 aliphatic carbocycles. The third-order valence-corrected chi connectivity index (χ3v) is 4.59. The Hall–Kier alpha value is -3.68. The van der Waals surface area contributed by atoms with E-state index in [9.17, 15) is 4.79 Å². The molecule has 3 aromatic heterocycles. The minimum absolute atomic E-state index is 0.156. The number of ether oxygens (including phenoxy) is 1. The first-order chi connectivity index (χ1) is 13.7. The summed E-state index contributed by atoms with van der Waals surface area (Å²) in [5.41, 5.74) is 5.81. The van der Waals surface area contributed by atoms with E-state index in [0.29, 0.717) is 30.1 Å². The number of aromatic nitrogens is 6. The number of nitrogens with two attached hydrogens (primary N) is 1. The average Bonchev–Trinajstić information content (AvgIpc) is 3.21. The van der Waals surface area contributed by atoms with Gasteiger partial charge in [-0.3, -0.25) is 4.68 Å². The van der Waals surface area contributed by atoms with Crippen LogP contribution in [0.15, 0.2) is 24.7 Å². The fourth-order valence-electron chi connectivity index (χ4n) is 3.31. The van der Waals surface area contributed by atoms with Gasteiger partial charge in [0, 0.05) is 18.5 Å². The van der Waals surface area contributed by atoms with Crippen LogP contribution in [0.1, 0.15) is 20.8 Å². The number of hydrogen-bond donors (Lipinski definition) is 1. The van der Waals surface area contributed by atoms with Crippen molar-refractivity contribution < 1.29 is 9.53 Å². The fraction of sp³-hybridized carbons (Fsp3) is 0.444. The average molecular weight is 395 g/mol. The molecular formula is C18H21N9O2. The van der Waals surface area contributed by atoms with Crippen LogP contribution in [0.5, 0.6) is 0 Å². The van der Waals surface area contributed by atoms with E-state index in [2.05, 4.69) is 25.0 Å². The number of anilines is 1. The number of nitrogens with zero attached hydrogens (tertiary/aromatic N) is 8. The molecule has 1 aliphatic heterocycles. The number of nitrogen functional groups attached to an aromatic ring is 1. The maximum atomic E-state index is 12.3. The maximum Gasteiger partial charge on any atom is 0.410 e. The lowest BCUT2D eigenvalue weighted by Crippen LogP contribution is -2.66. The van der Waals surface area contributed by atoms with Gasteiger partial charge in [-0.1, -0.05) is 0 Å². The molecule has 29 heavy (non-hydrogen) atoms. The van der Waals surface area contributed by atoms with Crippen LogP contribution in [0.25, 0.3) is 21.9 Å². The zero-order valence-corrected chi connectivity index (χ0v) is 16.4. The molecule has 2 N–H and O–H groups in total. The molecule has 1 amide bonds. The van der Waals surface area contributed by atoms with Crippen molar-refractivity contribution in [2.45, 2.75) is 31.9 Å². The van der Waals surface area contributed by atoms with Gasteiger partial charge in [0.05, 0.1) is 24.8 Å². The van der Waals surface area contributed by atoms with Crippen molar-refractivity contribution in [1.82, 2.24) is 34.3 Å². The maximum absolute atomic E-state index is 12.3. The van der Waals surface area contributed by atoms with Crippen LogP contribution in [-0.2, 0) is 10.3 Å². The Balaban J connectivity index is 1.60. The van der Waals surface area contributed by atoms with E-state index < -0.39 is 17.2 Å². The Bertz CT molecular complexity index is 1110. The smallest absolute Gasteiger partial charge is 0.410 e. The van der Waals surface area contributed by atoms with Gasteiger partial charge in [0.25, 0.3) is 0 Å². The first-order valence-corrected chi connectivity index (χ1v) is 9.05. The molecule has 1 fully saturated rings. The van der Waals surface area contributed by atoms with Crippen LogP contribution in [0.2, 0.25) is 0 Å². The van der Waals surface area contributed by atoms with Gasteiger partial charge in [-0.25, -0.2) is 16.4 Å². The molecule has 0 aromatic carbocycles. The predicted molar refractivity (Wildman–Crippen MR) is 104 cm³/mol.